The van der Waals surface area contributed by atoms with Crippen molar-refractivity contribution < 1.29 is 129 Å². The molecular weight excluding hydrogens is 1290 g/mol. The third kappa shape index (κ3) is 37.2. The summed E-state index contributed by atoms with van der Waals surface area (Å²) >= 11 is 25.6. The zero-order valence-corrected chi connectivity index (χ0v) is 58.3. The van der Waals surface area contributed by atoms with Gasteiger partial charge in [0.1, 0.15) is 58.9 Å². The number of halogens is 5. The van der Waals surface area contributed by atoms with Gasteiger partial charge in [0.2, 0.25) is 11.8 Å². The van der Waals surface area contributed by atoms with Crippen molar-refractivity contribution in [1.82, 2.24) is 29.7 Å². The molecule has 3 aromatic heterocycles. The molecule has 0 saturated carbocycles. The van der Waals surface area contributed by atoms with Gasteiger partial charge in [-0.3, -0.25) is 14.7 Å². The number of amides is 3. The summed E-state index contributed by atoms with van der Waals surface area (Å²) in [5.74, 6) is -2.04. The minimum absolute atomic E-state index is 0. The average Bonchev–Trinajstić information content (AvgIpc) is 3.65. The summed E-state index contributed by atoms with van der Waals surface area (Å²) < 4.78 is 32.2. The van der Waals surface area contributed by atoms with Crippen LogP contribution in [0.4, 0.5) is 14.4 Å². The van der Waals surface area contributed by atoms with Gasteiger partial charge >= 0.3 is 87.6 Å². The Morgan fingerprint density at radius 2 is 0.929 bits per heavy atom. The molecule has 85 heavy (non-hydrogen) atoms. The minimum Gasteiger partial charge on any atom is -0.850 e. The van der Waals surface area contributed by atoms with Crippen molar-refractivity contribution in [1.29, 1.82) is 0 Å². The Hall–Kier alpha value is -4.31. The van der Waals surface area contributed by atoms with Crippen LogP contribution in [0.1, 0.15) is 102 Å². The first-order valence-corrected chi connectivity index (χ1v) is 28.5. The van der Waals surface area contributed by atoms with Crippen molar-refractivity contribution in [2.45, 2.75) is 161 Å². The van der Waals surface area contributed by atoms with Crippen LogP contribution < -0.4 is 66.0 Å². The Morgan fingerprint density at radius 3 is 1.22 bits per heavy atom. The van der Waals surface area contributed by atoms with Crippen LogP contribution in [0.25, 0.3) is 0 Å². The Labute approximate surface area is 570 Å². The van der Waals surface area contributed by atoms with E-state index in [9.17, 15) is 44.1 Å². The van der Waals surface area contributed by atoms with Crippen molar-refractivity contribution in [3.05, 3.63) is 114 Å². The van der Waals surface area contributed by atoms with E-state index in [1.54, 1.807) is 126 Å². The molecule has 6 atom stereocenters. The van der Waals surface area contributed by atoms with E-state index < -0.39 is 95.0 Å². The van der Waals surface area contributed by atoms with E-state index in [0.717, 1.165) is 10.2 Å². The van der Waals surface area contributed by atoms with Crippen LogP contribution >= 0.6 is 62.3 Å². The molecule has 3 aromatic rings. The van der Waals surface area contributed by atoms with E-state index in [4.69, 9.17) is 79.9 Å². The number of aliphatic carboxylic acids is 2. The predicted octanol–water partition coefficient (Wildman–Crippen LogP) is 8.15. The summed E-state index contributed by atoms with van der Waals surface area (Å²) in [5, 5.41) is 40.6. The number of rotatable bonds is 10. The van der Waals surface area contributed by atoms with Gasteiger partial charge < -0.3 is 48.8 Å². The molecule has 0 spiro atoms. The molecule has 470 valence electrons. The van der Waals surface area contributed by atoms with Crippen molar-refractivity contribution in [2.24, 2.45) is 0 Å². The molecule has 3 saturated heterocycles. The van der Waals surface area contributed by atoms with Gasteiger partial charge in [-0.2, -0.15) is 0 Å². The zero-order valence-electron chi connectivity index (χ0n) is 50.5. The maximum atomic E-state index is 12.5. The third-order valence-electron chi connectivity index (χ3n) is 9.65. The molecule has 3 fully saturated rings. The van der Waals surface area contributed by atoms with Gasteiger partial charge in [0.05, 0.1) is 40.8 Å². The van der Waals surface area contributed by atoms with Gasteiger partial charge in [0.15, 0.2) is 0 Å². The van der Waals surface area contributed by atoms with E-state index in [1.807, 2.05) is 0 Å². The molecule has 0 unspecified atom stereocenters. The fourth-order valence-corrected chi connectivity index (χ4v) is 7.09. The smallest absolute Gasteiger partial charge is 0.850 e. The number of allylic oxidation sites excluding steroid dienone is 1. The number of carboxylic acids is 2. The number of hydrogen-bond acceptors (Lipinski definition) is 17. The summed E-state index contributed by atoms with van der Waals surface area (Å²) in [5.41, 5.74) is -2.80. The molecule has 0 aliphatic carbocycles. The fraction of sp³-hybridized carbons (Fsp3) is 0.526. The largest absolute Gasteiger partial charge is 1.00 e. The number of carbonyl (C=O) groups is 6. The minimum atomic E-state index is -1.12. The number of carboxylic acid groups (broad SMARTS) is 2. The van der Waals surface area contributed by atoms with Gasteiger partial charge in [-0.05, 0) is 86.6 Å². The molecule has 6 rings (SSSR count). The van der Waals surface area contributed by atoms with Gasteiger partial charge in [-0.15, -0.1) is 25.3 Å². The molecule has 3 aliphatic heterocycles. The monoisotopic (exact) mass is 1360 g/mol. The van der Waals surface area contributed by atoms with Crippen LogP contribution in [0, 0.1) is 0 Å². The number of esters is 1. The summed E-state index contributed by atoms with van der Waals surface area (Å²) in [7, 11) is 0. The number of aromatic nitrogens is 3. The second-order valence-electron chi connectivity index (χ2n) is 21.9. The Bertz CT molecular complexity index is 2510. The van der Waals surface area contributed by atoms with E-state index in [0.29, 0.717) is 32.0 Å². The van der Waals surface area contributed by atoms with E-state index in [-0.39, 0.29) is 96.9 Å². The number of likely N-dealkylation sites (tertiary alicyclic amines) is 3. The van der Waals surface area contributed by atoms with Gasteiger partial charge in [-0.25, -0.2) is 43.7 Å². The number of alkyl halides is 1. The van der Waals surface area contributed by atoms with Gasteiger partial charge in [0.25, 0.3) is 0 Å². The number of ether oxygens (including phenoxy) is 6. The Kier molecular flexibility index (Phi) is 39.2. The van der Waals surface area contributed by atoms with Crippen LogP contribution in [0.2, 0.25) is 20.2 Å². The number of aliphatic hydroxyl groups excluding tert-OH is 1. The van der Waals surface area contributed by atoms with E-state index in [1.165, 1.54) is 34.5 Å². The molecule has 0 radical (unpaired) electrons. The number of nitrogens with zero attached hydrogens (tertiary/aromatic N) is 6. The standard InChI is InChI=1S/C18H23ClN2O5.C15H19ClN2O5.C10H17NO5.C5H3Cl2N.C4H9O.C3H5Br.C2H4.K/c1-5-8-24-16(22)14-9-13(25-15-7-6-12(19)10-20-15)11-21(14)17(23)26-18(2,3)4;1-15(2,3)23-14(21)18-8-10(6-11(18)13(19)20)22-12-5-4-9(16)7-17-12;1-10(2,3)16-9(15)11-5-6(12)4-7(11)8(13)14;6-4-1-2-5(7)8-3-4;1-4(2,3)5;1-2-3-4;1-2;/h5-7,10,13-14H,1,8-9,11H2,2-4H3;4-5,7,10-11H,6,8H2,1-3H3,(H,19,20);6-7,12H,4-5H2,1-3H3,(H,13,14);1-3H;1-3H3;2H,1,3H2;1-2H2;/q;;;;-1;;;+1/t13-,14+;10-,11+;6-,7+;;;;;/m111...../s1. The third-order valence-corrected chi connectivity index (χ3v) is 11.0. The molecule has 3 amide bonds. The number of hydrogen-bond donors (Lipinski definition) is 3. The molecule has 22 nitrogen and oxygen atoms in total. The summed E-state index contributed by atoms with van der Waals surface area (Å²) in [6, 6.07) is 7.06. The molecule has 0 aromatic carbocycles. The molecule has 28 heteroatoms. The molecular formula is C57H80BrCl4KN6O16. The Morgan fingerprint density at radius 1 is 0.600 bits per heavy atom. The average molecular weight is 1370 g/mol. The second kappa shape index (κ2) is 40.3. The van der Waals surface area contributed by atoms with Crippen molar-refractivity contribution in [3.8, 4) is 11.8 Å². The second-order valence-corrected chi connectivity index (χ2v) is 24.2. The number of aliphatic hydroxyl groups is 1. The Balaban J connectivity index is 0. The van der Waals surface area contributed by atoms with E-state index >= 15 is 0 Å². The summed E-state index contributed by atoms with van der Waals surface area (Å²) in [4.78, 5) is 86.2. The first-order valence-electron chi connectivity index (χ1n) is 25.9. The zero-order chi connectivity index (χ0) is 64.9. The maximum absolute atomic E-state index is 12.5. The summed E-state index contributed by atoms with van der Waals surface area (Å²) in [6.07, 6.45) is 4.51. The number of pyridine rings is 3. The van der Waals surface area contributed by atoms with Gasteiger partial charge in [0, 0.05) is 55.3 Å². The van der Waals surface area contributed by atoms with Crippen molar-refractivity contribution in [2.75, 3.05) is 31.6 Å². The molecule has 3 aliphatic rings. The summed E-state index contributed by atoms with van der Waals surface area (Å²) in [6.45, 7) is 33.8. The number of β-amino-alcohol motifs (C(OH)–C–C–N with tert-alkyl or cyclic N) is 1. The van der Waals surface area contributed by atoms with E-state index in [2.05, 4.69) is 57.2 Å². The SMILES string of the molecule is C=C.C=CCBr.C=CCOC(=O)[C@@H]1C[C@@H](Oc2ccc(Cl)cn2)CN1C(=O)OC(C)(C)C.CC(C)(C)OC(=O)N1C[C@H](O)C[C@H]1C(=O)O.CC(C)(C)OC(=O)N1C[C@H](Oc2ccc(Cl)cn2)C[C@H]1C(=O)O.CC(C)(C)[O-].Clc1ccc(Cl)nc1.[K+]. The molecule has 3 N–H and O–H groups in total. The predicted molar refractivity (Wildman–Crippen MR) is 323 cm³/mol. The fourth-order valence-electron chi connectivity index (χ4n) is 6.64. The number of carbonyl (C=O) groups excluding carboxylic acids is 4. The first-order chi connectivity index (χ1) is 38.8. The van der Waals surface area contributed by atoms with Crippen LogP contribution in [0.3, 0.4) is 0 Å². The topological polar surface area (TPSA) is 290 Å². The van der Waals surface area contributed by atoms with Crippen molar-refractivity contribution in [3.63, 3.8) is 0 Å². The first kappa shape index (κ1) is 82.8. The maximum Gasteiger partial charge on any atom is 1.00 e. The van der Waals surface area contributed by atoms with Gasteiger partial charge in [-0.1, -0.05) is 102 Å². The van der Waals surface area contributed by atoms with Crippen LogP contribution in [0.5, 0.6) is 11.8 Å². The molecule has 6 heterocycles. The van der Waals surface area contributed by atoms with Crippen LogP contribution in [-0.2, 0) is 33.3 Å². The normalized spacial score (nSPS) is 18.5. The van der Waals surface area contributed by atoms with Crippen molar-refractivity contribution >= 4 is 98.5 Å². The molecule has 0 bridgehead atoms. The van der Waals surface area contributed by atoms with Crippen LogP contribution in [-0.4, -0.2) is 172 Å². The van der Waals surface area contributed by atoms with Crippen LogP contribution in [0.15, 0.2) is 93.5 Å². The quantitative estimate of drug-likeness (QED) is 0.0431.